The van der Waals surface area contributed by atoms with Gasteiger partial charge in [-0.05, 0) is 24.8 Å². The fourth-order valence-corrected chi connectivity index (χ4v) is 2.88. The third-order valence-corrected chi connectivity index (χ3v) is 4.31. The van der Waals surface area contributed by atoms with Crippen molar-refractivity contribution in [3.8, 4) is 0 Å². The van der Waals surface area contributed by atoms with E-state index in [0.717, 1.165) is 31.7 Å². The summed E-state index contributed by atoms with van der Waals surface area (Å²) in [5.41, 5.74) is -1.80. The second-order valence-electron chi connectivity index (χ2n) is 6.27. The molecule has 2 N–H and O–H groups in total. The zero-order valence-corrected chi connectivity index (χ0v) is 13.7. The van der Waals surface area contributed by atoms with Gasteiger partial charge in [-0.1, -0.05) is 19.8 Å². The highest BCUT2D eigenvalue weighted by atomic mass is 19.4. The molecule has 0 bridgehead atoms. The highest BCUT2D eigenvalue weighted by molar-refractivity contribution is 5.94. The zero-order valence-electron chi connectivity index (χ0n) is 13.7. The van der Waals surface area contributed by atoms with Crippen molar-refractivity contribution in [1.29, 1.82) is 0 Å². The van der Waals surface area contributed by atoms with E-state index < -0.39 is 35.8 Å². The van der Waals surface area contributed by atoms with E-state index in [-0.39, 0.29) is 6.04 Å². The number of imide groups is 1. The van der Waals surface area contributed by atoms with E-state index in [9.17, 15) is 27.6 Å². The molecule has 0 aliphatic heterocycles. The largest absolute Gasteiger partial charge is 0.417 e. The molecule has 0 unspecified atom stereocenters. The molecule has 0 aromatic carbocycles. The molecule has 0 radical (unpaired) electrons. The minimum Gasteiger partial charge on any atom is -0.335 e. The van der Waals surface area contributed by atoms with E-state index >= 15 is 0 Å². The van der Waals surface area contributed by atoms with Crippen LogP contribution >= 0.6 is 0 Å². The Morgan fingerprint density at radius 3 is 2.56 bits per heavy atom. The average molecular weight is 359 g/mol. The first kappa shape index (κ1) is 19.0. The number of halogens is 3. The van der Waals surface area contributed by atoms with Crippen LogP contribution in [-0.4, -0.2) is 22.5 Å². The number of carbonyl (C=O) groups is 2. The smallest absolute Gasteiger partial charge is 0.335 e. The zero-order chi connectivity index (χ0) is 18.6. The fourth-order valence-electron chi connectivity index (χ4n) is 2.88. The van der Waals surface area contributed by atoms with E-state index in [1.54, 1.807) is 0 Å². The number of alkyl halides is 3. The van der Waals surface area contributed by atoms with Gasteiger partial charge in [0.1, 0.15) is 6.54 Å². The SMILES string of the molecule is C[C@@H]1CCCC[C@@H]1NC(=O)NC(=O)Cn1cc(C(F)(F)F)ccc1=O. The van der Waals surface area contributed by atoms with Gasteiger partial charge in [0, 0.05) is 18.3 Å². The summed E-state index contributed by atoms with van der Waals surface area (Å²) >= 11 is 0. The van der Waals surface area contributed by atoms with Crippen molar-refractivity contribution in [3.63, 3.8) is 0 Å². The van der Waals surface area contributed by atoms with Crippen molar-refractivity contribution in [1.82, 2.24) is 15.2 Å². The minimum absolute atomic E-state index is 0.0437. The molecule has 3 amide bonds. The maximum absolute atomic E-state index is 12.7. The molecular formula is C16H20F3N3O3. The number of carbonyl (C=O) groups excluding carboxylic acids is 2. The minimum atomic E-state index is -4.62. The molecule has 1 fully saturated rings. The quantitative estimate of drug-likeness (QED) is 0.869. The number of rotatable bonds is 3. The number of hydrogen-bond acceptors (Lipinski definition) is 3. The lowest BCUT2D eigenvalue weighted by Gasteiger charge is -2.29. The van der Waals surface area contributed by atoms with Crippen LogP contribution in [0.4, 0.5) is 18.0 Å². The van der Waals surface area contributed by atoms with Gasteiger partial charge in [0.2, 0.25) is 5.91 Å². The molecule has 138 valence electrons. The maximum atomic E-state index is 12.7. The second-order valence-corrected chi connectivity index (χ2v) is 6.27. The predicted molar refractivity (Wildman–Crippen MR) is 83.8 cm³/mol. The molecule has 1 saturated carbocycles. The molecule has 0 spiro atoms. The van der Waals surface area contributed by atoms with Crippen LogP contribution in [0.15, 0.2) is 23.1 Å². The summed E-state index contributed by atoms with van der Waals surface area (Å²) in [6, 6.07) is 0.634. The molecule has 2 atom stereocenters. The van der Waals surface area contributed by atoms with E-state index in [1.165, 1.54) is 0 Å². The molecule has 1 aromatic rings. The van der Waals surface area contributed by atoms with Gasteiger partial charge in [-0.3, -0.25) is 14.9 Å². The van der Waals surface area contributed by atoms with Crippen molar-refractivity contribution in [2.24, 2.45) is 5.92 Å². The summed E-state index contributed by atoms with van der Waals surface area (Å²) < 4.78 is 38.6. The summed E-state index contributed by atoms with van der Waals surface area (Å²) in [6.45, 7) is 1.34. The van der Waals surface area contributed by atoms with Crippen LogP contribution in [0.3, 0.4) is 0 Å². The van der Waals surface area contributed by atoms with Crippen LogP contribution in [0.5, 0.6) is 0 Å². The Bertz CT molecular complexity index is 700. The van der Waals surface area contributed by atoms with Crippen molar-refractivity contribution >= 4 is 11.9 Å². The van der Waals surface area contributed by atoms with Crippen LogP contribution in [0.2, 0.25) is 0 Å². The van der Waals surface area contributed by atoms with Crippen LogP contribution in [0, 0.1) is 5.92 Å². The third-order valence-electron chi connectivity index (χ3n) is 4.31. The first-order chi connectivity index (χ1) is 11.7. The Balaban J connectivity index is 1.95. The first-order valence-electron chi connectivity index (χ1n) is 8.05. The van der Waals surface area contributed by atoms with E-state index in [1.807, 2.05) is 6.92 Å². The number of pyridine rings is 1. The van der Waals surface area contributed by atoms with Gasteiger partial charge in [0.25, 0.3) is 5.56 Å². The number of urea groups is 1. The number of nitrogens with zero attached hydrogens (tertiary/aromatic N) is 1. The summed E-state index contributed by atoms with van der Waals surface area (Å²) in [5, 5.41) is 4.75. The lowest BCUT2D eigenvalue weighted by molar-refractivity contribution is -0.138. The highest BCUT2D eigenvalue weighted by Gasteiger charge is 2.31. The number of hydrogen-bond donors (Lipinski definition) is 2. The highest BCUT2D eigenvalue weighted by Crippen LogP contribution is 2.28. The van der Waals surface area contributed by atoms with E-state index in [2.05, 4.69) is 10.6 Å². The number of amides is 3. The summed E-state index contributed by atoms with van der Waals surface area (Å²) in [4.78, 5) is 35.3. The average Bonchev–Trinajstić information content (AvgIpc) is 2.50. The van der Waals surface area contributed by atoms with Crippen LogP contribution in [-0.2, 0) is 17.5 Å². The molecule has 0 saturated heterocycles. The Morgan fingerprint density at radius 2 is 1.92 bits per heavy atom. The lowest BCUT2D eigenvalue weighted by atomic mass is 9.86. The standard InChI is InChI=1S/C16H20F3N3O3/c1-10-4-2-3-5-12(10)20-15(25)21-13(23)9-22-8-11(16(17,18)19)6-7-14(22)24/h6-8,10,12H,2-5,9H2,1H3,(H2,20,21,23,25)/t10-,12+/m1/s1. The summed E-state index contributed by atoms with van der Waals surface area (Å²) in [6.07, 6.45) is -0.181. The van der Waals surface area contributed by atoms with Crippen molar-refractivity contribution in [3.05, 3.63) is 34.2 Å². The van der Waals surface area contributed by atoms with Crippen molar-refractivity contribution in [2.45, 2.75) is 51.4 Å². The molecule has 6 nitrogen and oxygen atoms in total. The molecule has 25 heavy (non-hydrogen) atoms. The molecule has 2 rings (SSSR count). The van der Waals surface area contributed by atoms with Gasteiger partial charge < -0.3 is 9.88 Å². The first-order valence-corrected chi connectivity index (χ1v) is 8.05. The van der Waals surface area contributed by atoms with Crippen molar-refractivity contribution < 1.29 is 22.8 Å². The van der Waals surface area contributed by atoms with Crippen LogP contribution in [0.1, 0.15) is 38.2 Å². The van der Waals surface area contributed by atoms with Gasteiger partial charge in [-0.15, -0.1) is 0 Å². The lowest BCUT2D eigenvalue weighted by Crippen LogP contribution is -2.48. The van der Waals surface area contributed by atoms with Crippen LogP contribution in [0.25, 0.3) is 0 Å². The van der Waals surface area contributed by atoms with Gasteiger partial charge in [0.05, 0.1) is 5.56 Å². The summed E-state index contributed by atoms with van der Waals surface area (Å²) in [5.74, 6) is -0.567. The third kappa shape index (κ3) is 5.33. The van der Waals surface area contributed by atoms with Crippen molar-refractivity contribution in [2.75, 3.05) is 0 Å². The van der Waals surface area contributed by atoms with Gasteiger partial charge in [0.15, 0.2) is 0 Å². The second kappa shape index (κ2) is 7.71. The molecular weight excluding hydrogens is 339 g/mol. The predicted octanol–water partition coefficient (Wildman–Crippen LogP) is 2.27. The number of aromatic nitrogens is 1. The molecule has 9 heteroatoms. The monoisotopic (exact) mass is 359 g/mol. The van der Waals surface area contributed by atoms with Gasteiger partial charge >= 0.3 is 12.2 Å². The molecule has 1 heterocycles. The van der Waals surface area contributed by atoms with Crippen LogP contribution < -0.4 is 16.2 Å². The van der Waals surface area contributed by atoms with E-state index in [0.29, 0.717) is 22.7 Å². The van der Waals surface area contributed by atoms with Gasteiger partial charge in [-0.25, -0.2) is 4.79 Å². The topological polar surface area (TPSA) is 80.2 Å². The fraction of sp³-hybridized carbons (Fsp3) is 0.562. The Kier molecular flexibility index (Phi) is 5.86. The Hall–Kier alpha value is -2.32. The summed E-state index contributed by atoms with van der Waals surface area (Å²) in [7, 11) is 0. The molecule has 1 aliphatic rings. The molecule has 1 aliphatic carbocycles. The molecule has 1 aromatic heterocycles. The Morgan fingerprint density at radius 1 is 1.24 bits per heavy atom. The van der Waals surface area contributed by atoms with E-state index in [4.69, 9.17) is 0 Å². The number of nitrogens with one attached hydrogen (secondary N) is 2. The van der Waals surface area contributed by atoms with Gasteiger partial charge in [-0.2, -0.15) is 13.2 Å². The maximum Gasteiger partial charge on any atom is 0.417 e. The normalized spacial score (nSPS) is 20.8. The Labute approximate surface area is 142 Å².